The van der Waals surface area contributed by atoms with Gasteiger partial charge in [0.1, 0.15) is 119 Å². The van der Waals surface area contributed by atoms with Crippen LogP contribution in [0.4, 0.5) is 28.8 Å². The number of ether oxygens (including phenoxy) is 12. The zero-order chi connectivity index (χ0) is 71.2. The number of nitrogens with one attached hydrogen (secondary N) is 6. The van der Waals surface area contributed by atoms with Crippen molar-refractivity contribution in [1.82, 2.24) is 31.9 Å². The van der Waals surface area contributed by atoms with Crippen LogP contribution in [0, 0.1) is 6.92 Å². The Bertz CT molecular complexity index is 2830. The van der Waals surface area contributed by atoms with Gasteiger partial charge in [-0.2, -0.15) is 8.42 Å². The largest absolute Gasteiger partial charge is 0.444 e. The van der Waals surface area contributed by atoms with Crippen molar-refractivity contribution in [1.29, 1.82) is 0 Å². The lowest BCUT2D eigenvalue weighted by molar-refractivity contribution is -0.311. The fraction of sp³-hybridized carbons (Fsp3) is 0.800. The van der Waals surface area contributed by atoms with Crippen LogP contribution in [0.2, 0.25) is 0 Å². The van der Waals surface area contributed by atoms with Crippen LogP contribution >= 0.6 is 0 Å². The summed E-state index contributed by atoms with van der Waals surface area (Å²) in [5.41, 5.74) is -5.88. The Morgan fingerprint density at radius 3 is 1.16 bits per heavy atom. The molecule has 3 heterocycles. The standard InChI is InChI=1S/C60H100N6O27S/c1-28-20-22-29(23-21-28)94(79,80)81-27-34-44(86-47-36(66-54(78)93-60(17,18)19)41(71)39(69)33(83-47)26-62-50(74)89-56(5,6)7)42(72)48(84-34)87-45-37(67)30(63-51(75)90-57(8,9)10)24-31(64-52(76)91-58(11,12)13)43(45)85-46-35(65-53(77)92-59(14,15)16)40(70)38(68)32(82-46)25-61-49(73)88-55(2,3)4/h20-23,30-48,67-72H,24-27H2,1-19H3,(H,61,73)(H,62,74)(H,63,75)(H,64,76)(H,65,77)(H,66,78)/t30-,31+,32-,33+,34-,35-,36-,37+,38-,39-,40-,41-,42-,43-,44-,45-,46-,47-,48+/m1/s1. The highest BCUT2D eigenvalue weighted by atomic mass is 32.2. The summed E-state index contributed by atoms with van der Waals surface area (Å²) in [5.74, 6) is 0. The van der Waals surface area contributed by atoms with E-state index in [4.69, 9.17) is 61.0 Å². The molecule has 1 aromatic rings. The summed E-state index contributed by atoms with van der Waals surface area (Å²) in [6.45, 7) is 27.6. The Morgan fingerprint density at radius 1 is 0.426 bits per heavy atom. The van der Waals surface area contributed by atoms with E-state index in [1.54, 1.807) is 90.0 Å². The molecule has 538 valence electrons. The monoisotopic (exact) mass is 1370 g/mol. The van der Waals surface area contributed by atoms with Gasteiger partial charge in [-0.05, 0) is 150 Å². The van der Waals surface area contributed by atoms with Crippen LogP contribution < -0.4 is 31.9 Å². The molecule has 3 aliphatic heterocycles. The summed E-state index contributed by atoms with van der Waals surface area (Å²) in [7, 11) is -4.71. The van der Waals surface area contributed by atoms with Crippen molar-refractivity contribution in [2.75, 3.05) is 19.7 Å². The Labute approximate surface area is 547 Å². The molecule has 19 atom stereocenters. The van der Waals surface area contributed by atoms with Crippen LogP contribution in [0.1, 0.15) is 137 Å². The summed E-state index contributed by atoms with van der Waals surface area (Å²) in [6.07, 6.45) is -36.4. The minimum Gasteiger partial charge on any atom is -0.444 e. The number of carbonyl (C=O) groups is 6. The van der Waals surface area contributed by atoms with Crippen LogP contribution in [0.15, 0.2) is 29.2 Å². The van der Waals surface area contributed by atoms with Crippen LogP contribution in [-0.4, -0.2) is 245 Å². The molecule has 6 amide bonds. The van der Waals surface area contributed by atoms with Crippen molar-refractivity contribution in [2.45, 2.75) is 293 Å². The summed E-state index contributed by atoms with van der Waals surface area (Å²) in [5, 5.41) is 87.2. The number of hydrogen-bond donors (Lipinski definition) is 12. The first kappa shape index (κ1) is 79.0. The Hall–Kier alpha value is -5.73. The maximum atomic E-state index is 14.0. The van der Waals surface area contributed by atoms with E-state index in [1.807, 2.05) is 0 Å². The van der Waals surface area contributed by atoms with Gasteiger partial charge in [0.15, 0.2) is 18.9 Å². The summed E-state index contributed by atoms with van der Waals surface area (Å²) in [6, 6.07) is -1.24. The predicted octanol–water partition coefficient (Wildman–Crippen LogP) is 2.22. The van der Waals surface area contributed by atoms with Crippen molar-refractivity contribution in [2.24, 2.45) is 0 Å². The van der Waals surface area contributed by atoms with Crippen LogP contribution in [0.5, 0.6) is 0 Å². The van der Waals surface area contributed by atoms with Gasteiger partial charge in [0.2, 0.25) is 0 Å². The number of amides is 6. The molecule has 33 nitrogen and oxygen atoms in total. The lowest BCUT2D eigenvalue weighted by atomic mass is 9.83. The van der Waals surface area contributed by atoms with Gasteiger partial charge in [0, 0.05) is 13.1 Å². The second-order valence-corrected chi connectivity index (χ2v) is 30.9. The molecule has 0 bridgehead atoms. The highest BCUT2D eigenvalue weighted by Crippen LogP contribution is 2.37. The molecular formula is C60H100N6O27S. The molecule has 0 spiro atoms. The van der Waals surface area contributed by atoms with E-state index < -0.39 is 223 Å². The van der Waals surface area contributed by atoms with E-state index in [2.05, 4.69) is 31.9 Å². The molecule has 1 saturated carbocycles. The van der Waals surface area contributed by atoms with Crippen molar-refractivity contribution in [3.63, 3.8) is 0 Å². The van der Waals surface area contributed by atoms with Crippen LogP contribution in [-0.2, 0) is 71.1 Å². The summed E-state index contributed by atoms with van der Waals surface area (Å²) < 4.78 is 105. The Morgan fingerprint density at radius 2 is 0.766 bits per heavy atom. The highest BCUT2D eigenvalue weighted by molar-refractivity contribution is 7.86. The van der Waals surface area contributed by atoms with Crippen LogP contribution in [0.25, 0.3) is 0 Å². The maximum absolute atomic E-state index is 14.0. The third-order valence-electron chi connectivity index (χ3n) is 13.7. The van der Waals surface area contributed by atoms with Gasteiger partial charge in [0.25, 0.3) is 10.1 Å². The first-order chi connectivity index (χ1) is 42.9. The molecule has 94 heavy (non-hydrogen) atoms. The number of aryl methyl sites for hydroxylation is 1. The quantitative estimate of drug-likeness (QED) is 0.0740. The second-order valence-electron chi connectivity index (χ2n) is 29.3. The molecule has 1 aromatic carbocycles. The fourth-order valence-electron chi connectivity index (χ4n) is 9.87. The minimum atomic E-state index is -4.71. The van der Waals surface area contributed by atoms with Gasteiger partial charge in [-0.3, -0.25) is 4.18 Å². The molecule has 1 aliphatic carbocycles. The fourth-order valence-corrected chi connectivity index (χ4v) is 10.8. The lowest BCUT2D eigenvalue weighted by Crippen LogP contribution is -2.70. The minimum absolute atomic E-state index is 0.321. The van der Waals surface area contributed by atoms with E-state index in [0.717, 1.165) is 0 Å². The molecule has 34 heteroatoms. The zero-order valence-corrected chi connectivity index (χ0v) is 57.6. The number of benzene rings is 1. The SMILES string of the molecule is Cc1ccc(S(=O)(=O)OC[C@H]2O[C@@H](O[C@@H]3[C@@H](O)[C@H](NC(=O)OC(C)(C)C)C[C@H](NC(=O)OC(C)(C)C)[C@H]3O[C@H]3O[C@H](CNC(=O)OC(C)(C)C)[C@@H](O)[C@H](O)[C@H]3NC(=O)OC(C)(C)C)[C@H](O)[C@@H]2O[C@H]2O[C@@H](CNC(=O)OC(C)(C)C)[C@@H](O)[C@H](O)[C@H]2NC(=O)OC(C)(C)C)cc1. The third kappa shape index (κ3) is 24.4. The number of alkyl carbamates (subject to hydrolysis) is 6. The highest BCUT2D eigenvalue weighted by Gasteiger charge is 2.58. The molecule has 12 N–H and O–H groups in total. The average Bonchev–Trinajstić information content (AvgIpc) is 1.27. The molecule has 4 aliphatic rings. The van der Waals surface area contributed by atoms with E-state index in [0.29, 0.717) is 5.56 Å². The Kier molecular flexibility index (Phi) is 26.2. The average molecular weight is 1370 g/mol. The van der Waals surface area contributed by atoms with Gasteiger partial charge in [-0.1, -0.05) is 17.7 Å². The molecule has 0 radical (unpaired) electrons. The first-order valence-corrected chi connectivity index (χ1v) is 32.2. The first-order valence-electron chi connectivity index (χ1n) is 30.8. The Balaban J connectivity index is 1.69. The molecule has 3 saturated heterocycles. The lowest BCUT2D eigenvalue weighted by Gasteiger charge is -2.49. The van der Waals surface area contributed by atoms with Gasteiger partial charge < -0.3 is 119 Å². The van der Waals surface area contributed by atoms with E-state index in [9.17, 15) is 67.8 Å². The van der Waals surface area contributed by atoms with Crippen molar-refractivity contribution in [3.8, 4) is 0 Å². The smallest absolute Gasteiger partial charge is 0.408 e. The molecule has 4 fully saturated rings. The van der Waals surface area contributed by atoms with E-state index >= 15 is 0 Å². The summed E-state index contributed by atoms with van der Waals surface area (Å²) in [4.78, 5) is 80.4. The topological polar surface area (TPSA) is 450 Å². The molecule has 0 unspecified atom stereocenters. The normalized spacial score (nSPS) is 31.2. The number of carbonyl (C=O) groups excluding carboxylic acids is 6. The molecular weight excluding hydrogens is 1270 g/mol. The van der Waals surface area contributed by atoms with Gasteiger partial charge in [-0.15, -0.1) is 0 Å². The third-order valence-corrected chi connectivity index (χ3v) is 15.0. The second kappa shape index (κ2) is 31.2. The number of hydrogen-bond acceptors (Lipinski definition) is 27. The van der Waals surface area contributed by atoms with Crippen molar-refractivity contribution < 1.29 is 129 Å². The van der Waals surface area contributed by atoms with Crippen molar-refractivity contribution in [3.05, 3.63) is 29.8 Å². The van der Waals surface area contributed by atoms with E-state index in [-0.39, 0.29) is 4.90 Å². The predicted molar refractivity (Wildman–Crippen MR) is 327 cm³/mol. The number of rotatable bonds is 18. The number of aliphatic hydroxyl groups is 6. The maximum Gasteiger partial charge on any atom is 0.408 e. The summed E-state index contributed by atoms with van der Waals surface area (Å²) >= 11 is 0. The van der Waals surface area contributed by atoms with Gasteiger partial charge in [-0.25, -0.2) is 28.8 Å². The zero-order valence-electron chi connectivity index (χ0n) is 56.8. The van der Waals surface area contributed by atoms with Crippen LogP contribution in [0.3, 0.4) is 0 Å². The number of aliphatic hydroxyl groups excluding tert-OH is 6. The van der Waals surface area contributed by atoms with E-state index in [1.165, 1.54) is 65.8 Å². The van der Waals surface area contributed by atoms with Crippen molar-refractivity contribution >= 4 is 46.7 Å². The van der Waals surface area contributed by atoms with Gasteiger partial charge >= 0.3 is 36.6 Å². The van der Waals surface area contributed by atoms with Gasteiger partial charge in [0.05, 0.1) is 23.6 Å². The molecule has 5 rings (SSSR count). The molecule has 0 aromatic heterocycles.